The zero-order chi connectivity index (χ0) is 24.6. The van der Waals surface area contributed by atoms with Gasteiger partial charge in [0, 0.05) is 5.41 Å². The quantitative estimate of drug-likeness (QED) is 0.318. The summed E-state index contributed by atoms with van der Waals surface area (Å²) in [6.07, 6.45) is 0.783. The topological polar surface area (TPSA) is 70.8 Å². The predicted molar refractivity (Wildman–Crippen MR) is 137 cm³/mol. The second-order valence-corrected chi connectivity index (χ2v) is 10.1. The number of benzene rings is 2. The normalized spacial score (nSPS) is 14.3. The van der Waals surface area contributed by atoms with Gasteiger partial charge in [-0.1, -0.05) is 58.0 Å². The summed E-state index contributed by atoms with van der Waals surface area (Å²) in [5.41, 5.74) is 7.23. The Balaban J connectivity index is 2.66. The zero-order valence-corrected chi connectivity index (χ0v) is 22.3. The molecule has 0 aliphatic carbocycles. The van der Waals surface area contributed by atoms with Gasteiger partial charge in [0.05, 0.1) is 19.8 Å². The summed E-state index contributed by atoms with van der Waals surface area (Å²) >= 11 is 3.66. The van der Waals surface area contributed by atoms with Crippen molar-refractivity contribution in [3.63, 3.8) is 0 Å². The van der Waals surface area contributed by atoms with Crippen LogP contribution in [0.3, 0.4) is 0 Å². The van der Waals surface area contributed by atoms with Crippen molar-refractivity contribution in [1.82, 2.24) is 0 Å². The Morgan fingerprint density at radius 1 is 1.03 bits per heavy atom. The molecule has 0 bridgehead atoms. The number of halogens is 1. The third-order valence-corrected chi connectivity index (χ3v) is 7.24. The predicted octanol–water partition coefficient (Wildman–Crippen LogP) is 7.21. The van der Waals surface area contributed by atoms with E-state index >= 15 is 0 Å². The van der Waals surface area contributed by atoms with Gasteiger partial charge < -0.3 is 19.9 Å². The Morgan fingerprint density at radius 2 is 1.58 bits per heavy atom. The molecule has 0 fully saturated rings. The first kappa shape index (κ1) is 27.0. The number of primary amides is 1. The molecule has 0 spiro atoms. The molecule has 0 aromatic heterocycles. The highest BCUT2D eigenvalue weighted by Gasteiger charge is 2.47. The molecule has 182 valence electrons. The van der Waals surface area contributed by atoms with Crippen molar-refractivity contribution >= 4 is 22.0 Å². The lowest BCUT2D eigenvalue weighted by Gasteiger charge is -2.50. The minimum atomic E-state index is -0.736. The number of hydrogen-bond acceptors (Lipinski definition) is 4. The fourth-order valence-corrected chi connectivity index (χ4v) is 5.43. The first-order valence-electron chi connectivity index (χ1n) is 11.6. The molecule has 2 aromatic carbocycles. The van der Waals surface area contributed by atoms with E-state index in [0.29, 0.717) is 26.2 Å². The summed E-state index contributed by atoms with van der Waals surface area (Å²) in [5, 5.41) is 0. The Labute approximate surface area is 207 Å². The van der Waals surface area contributed by atoms with Crippen LogP contribution in [0.4, 0.5) is 4.79 Å². The highest BCUT2D eigenvalue weighted by Crippen LogP contribution is 2.55. The lowest BCUT2D eigenvalue weighted by molar-refractivity contribution is 0.113. The van der Waals surface area contributed by atoms with Crippen LogP contribution in [0.1, 0.15) is 71.4 Å². The van der Waals surface area contributed by atoms with E-state index in [1.807, 2.05) is 19.9 Å². The monoisotopic (exact) mass is 519 g/mol. The molecule has 0 aliphatic rings. The lowest BCUT2D eigenvalue weighted by atomic mass is 9.53. The minimum absolute atomic E-state index is 0.106. The third kappa shape index (κ3) is 6.23. The molecule has 0 saturated carbocycles. The summed E-state index contributed by atoms with van der Waals surface area (Å²) < 4.78 is 17.8. The molecule has 2 atom stereocenters. The molecular formula is C27H38BrNO4. The smallest absolute Gasteiger partial charge is 0.404 e. The van der Waals surface area contributed by atoms with Gasteiger partial charge in [-0.3, -0.25) is 0 Å². The molecule has 0 radical (unpaired) electrons. The van der Waals surface area contributed by atoms with Crippen molar-refractivity contribution in [2.24, 2.45) is 11.1 Å². The van der Waals surface area contributed by atoms with E-state index in [0.717, 1.165) is 28.0 Å². The Hall–Kier alpha value is -2.21. The molecular weight excluding hydrogens is 482 g/mol. The van der Waals surface area contributed by atoms with Crippen molar-refractivity contribution in [2.75, 3.05) is 19.8 Å². The maximum Gasteiger partial charge on any atom is 0.404 e. The van der Waals surface area contributed by atoms with Crippen molar-refractivity contribution in [1.29, 1.82) is 0 Å². The lowest BCUT2D eigenvalue weighted by Crippen LogP contribution is -2.45. The van der Waals surface area contributed by atoms with Crippen molar-refractivity contribution < 1.29 is 19.0 Å². The molecule has 2 rings (SSSR count). The van der Waals surface area contributed by atoms with Gasteiger partial charge in [0.1, 0.15) is 16.0 Å². The second kappa shape index (κ2) is 11.8. The fraction of sp³-hybridized carbons (Fsp3) is 0.519. The number of carbonyl (C=O) groups excluding carboxylic acids is 1. The van der Waals surface area contributed by atoms with Crippen LogP contribution in [0.2, 0.25) is 0 Å². The maximum atomic E-state index is 11.1. The Morgan fingerprint density at radius 3 is 2.03 bits per heavy atom. The molecule has 2 N–H and O–H groups in total. The van der Waals surface area contributed by atoms with Gasteiger partial charge in [-0.15, -0.1) is 0 Å². The number of amides is 1. The SMILES string of the molecule is CCOc1cc([C@@H](C)C(CCCOC(N)=O)(c2ccccc2)C(C)(C)C)cc(OCC)c1Br. The summed E-state index contributed by atoms with van der Waals surface area (Å²) in [5.74, 6) is 1.66. The minimum Gasteiger partial charge on any atom is -0.493 e. The number of hydrogen-bond donors (Lipinski definition) is 1. The van der Waals surface area contributed by atoms with Gasteiger partial charge in [0.15, 0.2) is 0 Å². The number of nitrogens with two attached hydrogens (primary N) is 1. The van der Waals surface area contributed by atoms with Crippen LogP contribution in [-0.4, -0.2) is 25.9 Å². The first-order chi connectivity index (χ1) is 15.6. The third-order valence-electron chi connectivity index (χ3n) is 6.45. The first-order valence-corrected chi connectivity index (χ1v) is 12.4. The standard InChI is InChI=1S/C27H38BrNO4/c1-7-31-22-17-20(18-23(24(22)28)32-8-2)19(3)27(26(4,5)6,15-12-16-33-25(29)30)21-13-10-9-11-14-21/h9-11,13-14,17-19H,7-8,12,15-16H2,1-6H3,(H2,29,30)/t19-,27?/m1/s1. The molecule has 1 unspecified atom stereocenters. The van der Waals surface area contributed by atoms with Gasteiger partial charge >= 0.3 is 6.09 Å². The largest absolute Gasteiger partial charge is 0.493 e. The highest BCUT2D eigenvalue weighted by molar-refractivity contribution is 9.10. The Bertz CT molecular complexity index is 883. The molecule has 2 aromatic rings. The van der Waals surface area contributed by atoms with E-state index in [9.17, 15) is 4.79 Å². The van der Waals surface area contributed by atoms with Crippen LogP contribution in [0.5, 0.6) is 11.5 Å². The molecule has 0 saturated heterocycles. The summed E-state index contributed by atoms with van der Waals surface area (Å²) in [6, 6.07) is 14.8. The number of ether oxygens (including phenoxy) is 3. The Kier molecular flexibility index (Phi) is 9.65. The molecule has 1 amide bonds. The van der Waals surface area contributed by atoms with E-state index in [-0.39, 0.29) is 16.7 Å². The molecule has 5 nitrogen and oxygen atoms in total. The number of carbonyl (C=O) groups is 1. The van der Waals surface area contributed by atoms with E-state index in [2.05, 4.69) is 80.0 Å². The van der Waals surface area contributed by atoms with Crippen LogP contribution in [0, 0.1) is 5.41 Å². The summed E-state index contributed by atoms with van der Waals surface area (Å²) in [7, 11) is 0. The van der Waals surface area contributed by atoms with Crippen LogP contribution in [0.15, 0.2) is 46.9 Å². The van der Waals surface area contributed by atoms with Gasteiger partial charge in [-0.25, -0.2) is 4.79 Å². The van der Waals surface area contributed by atoms with E-state index in [4.69, 9.17) is 19.9 Å². The molecule has 0 heterocycles. The average Bonchev–Trinajstić information content (AvgIpc) is 2.76. The zero-order valence-electron chi connectivity index (χ0n) is 20.7. The molecule has 33 heavy (non-hydrogen) atoms. The van der Waals surface area contributed by atoms with Crippen LogP contribution in [0.25, 0.3) is 0 Å². The van der Waals surface area contributed by atoms with Gasteiger partial charge in [-0.05, 0) is 77.2 Å². The van der Waals surface area contributed by atoms with Crippen molar-refractivity contribution in [3.8, 4) is 11.5 Å². The van der Waals surface area contributed by atoms with Gasteiger partial charge in [0.2, 0.25) is 0 Å². The van der Waals surface area contributed by atoms with E-state index in [1.165, 1.54) is 5.56 Å². The second-order valence-electron chi connectivity index (χ2n) is 9.28. The van der Waals surface area contributed by atoms with Crippen LogP contribution in [-0.2, 0) is 10.2 Å². The fourth-order valence-electron chi connectivity index (χ4n) is 4.98. The van der Waals surface area contributed by atoms with Crippen molar-refractivity contribution in [2.45, 2.75) is 65.7 Å². The molecule has 0 aliphatic heterocycles. The maximum absolute atomic E-state index is 11.1. The van der Waals surface area contributed by atoms with Gasteiger partial charge in [-0.2, -0.15) is 0 Å². The summed E-state index contributed by atoms with van der Waals surface area (Å²) in [4.78, 5) is 11.1. The highest BCUT2D eigenvalue weighted by atomic mass is 79.9. The van der Waals surface area contributed by atoms with E-state index in [1.54, 1.807) is 0 Å². The van der Waals surface area contributed by atoms with Crippen LogP contribution >= 0.6 is 15.9 Å². The summed E-state index contributed by atoms with van der Waals surface area (Å²) in [6.45, 7) is 14.5. The van der Waals surface area contributed by atoms with E-state index < -0.39 is 6.09 Å². The average molecular weight is 521 g/mol. The van der Waals surface area contributed by atoms with Crippen molar-refractivity contribution in [3.05, 3.63) is 58.1 Å². The van der Waals surface area contributed by atoms with Crippen LogP contribution < -0.4 is 15.2 Å². The molecule has 6 heteroatoms. The number of rotatable bonds is 11. The van der Waals surface area contributed by atoms with Gasteiger partial charge in [0.25, 0.3) is 0 Å².